The molecule has 2 aromatic rings. The molecule has 0 fully saturated rings. The highest BCUT2D eigenvalue weighted by Gasteiger charge is 2.10. The van der Waals surface area contributed by atoms with Crippen LogP contribution in [-0.2, 0) is 9.53 Å². The van der Waals surface area contributed by atoms with E-state index >= 15 is 0 Å². The summed E-state index contributed by atoms with van der Waals surface area (Å²) in [6.07, 6.45) is -0.104. The molecule has 1 N–H and O–H groups in total. The molecular weight excluding hydrogens is 322 g/mol. The van der Waals surface area contributed by atoms with Crippen molar-refractivity contribution in [1.82, 2.24) is 10.2 Å². The maximum Gasteiger partial charge on any atom is 0.316 e. The van der Waals surface area contributed by atoms with Crippen LogP contribution in [0, 0.1) is 0 Å². The van der Waals surface area contributed by atoms with E-state index in [1.165, 1.54) is 23.1 Å². The van der Waals surface area contributed by atoms with Gasteiger partial charge >= 0.3 is 5.97 Å². The van der Waals surface area contributed by atoms with Crippen LogP contribution >= 0.6 is 23.1 Å². The first-order chi connectivity index (χ1) is 10.6. The lowest BCUT2D eigenvalue weighted by atomic mass is 10.3. The molecule has 0 amide bonds. The van der Waals surface area contributed by atoms with Crippen molar-refractivity contribution in [2.45, 2.75) is 24.3 Å². The molecule has 0 aliphatic rings. The number of methoxy groups -OCH3 is 1. The number of ether oxygens (including phenoxy) is 2. The summed E-state index contributed by atoms with van der Waals surface area (Å²) in [6, 6.07) is 7.54. The molecule has 1 aromatic heterocycles. The molecule has 0 atom stereocenters. The number of hydrogen-bond donors (Lipinski definition) is 1. The van der Waals surface area contributed by atoms with Crippen molar-refractivity contribution in [3.05, 3.63) is 24.3 Å². The van der Waals surface area contributed by atoms with Gasteiger partial charge in [0.2, 0.25) is 5.13 Å². The van der Waals surface area contributed by atoms with Gasteiger partial charge in [-0.05, 0) is 26.0 Å². The summed E-state index contributed by atoms with van der Waals surface area (Å²) in [7, 11) is 1.62. The molecular formula is C14H17N3O3S2. The number of benzene rings is 1. The van der Waals surface area contributed by atoms with Gasteiger partial charge in [0, 0.05) is 11.8 Å². The molecule has 118 valence electrons. The third-order valence-electron chi connectivity index (χ3n) is 2.41. The SMILES string of the molecule is COc1cccc(Nc2nnc(SCC(=O)OC(C)C)s2)c1. The fourth-order valence-corrected chi connectivity index (χ4v) is 3.12. The standard InChI is InChI=1S/C14H17N3O3S2/c1-9(2)20-12(18)8-21-14-17-16-13(22-14)15-10-5-4-6-11(7-10)19-3/h4-7,9H,8H2,1-3H3,(H,15,16). The summed E-state index contributed by atoms with van der Waals surface area (Å²) in [4.78, 5) is 11.5. The fraction of sp³-hybridized carbons (Fsp3) is 0.357. The lowest BCUT2D eigenvalue weighted by Gasteiger charge is -2.06. The van der Waals surface area contributed by atoms with Crippen LogP contribution in [0.25, 0.3) is 0 Å². The van der Waals surface area contributed by atoms with Gasteiger partial charge in [-0.1, -0.05) is 29.2 Å². The lowest BCUT2D eigenvalue weighted by molar-refractivity contribution is -0.144. The van der Waals surface area contributed by atoms with Crippen molar-refractivity contribution in [2.75, 3.05) is 18.2 Å². The zero-order valence-corrected chi connectivity index (χ0v) is 14.2. The Morgan fingerprint density at radius 1 is 1.41 bits per heavy atom. The van der Waals surface area contributed by atoms with Gasteiger partial charge in [0.15, 0.2) is 4.34 Å². The van der Waals surface area contributed by atoms with E-state index in [0.29, 0.717) is 9.47 Å². The van der Waals surface area contributed by atoms with E-state index in [1.54, 1.807) is 7.11 Å². The number of nitrogens with zero attached hydrogens (tertiary/aromatic N) is 2. The highest BCUT2D eigenvalue weighted by Crippen LogP contribution is 2.28. The zero-order valence-electron chi connectivity index (χ0n) is 12.5. The monoisotopic (exact) mass is 339 g/mol. The highest BCUT2D eigenvalue weighted by atomic mass is 32.2. The second-order valence-corrected chi connectivity index (χ2v) is 6.76. The summed E-state index contributed by atoms with van der Waals surface area (Å²) in [5.74, 6) is 0.740. The van der Waals surface area contributed by atoms with E-state index in [9.17, 15) is 4.79 Å². The second-order valence-electron chi connectivity index (χ2n) is 4.56. The minimum Gasteiger partial charge on any atom is -0.497 e. The third kappa shape index (κ3) is 5.19. The Morgan fingerprint density at radius 2 is 2.23 bits per heavy atom. The predicted molar refractivity (Wildman–Crippen MR) is 88.1 cm³/mol. The summed E-state index contributed by atoms with van der Waals surface area (Å²) in [5, 5.41) is 11.9. The van der Waals surface area contributed by atoms with E-state index in [-0.39, 0.29) is 17.8 Å². The van der Waals surface area contributed by atoms with Gasteiger partial charge in [-0.25, -0.2) is 0 Å². The molecule has 0 radical (unpaired) electrons. The van der Waals surface area contributed by atoms with Crippen molar-refractivity contribution in [3.63, 3.8) is 0 Å². The Hall–Kier alpha value is -1.80. The normalized spacial score (nSPS) is 10.5. The second kappa shape index (κ2) is 8.00. The van der Waals surface area contributed by atoms with E-state index < -0.39 is 0 Å². The predicted octanol–water partition coefficient (Wildman–Crippen LogP) is 3.33. The molecule has 22 heavy (non-hydrogen) atoms. The number of thioether (sulfide) groups is 1. The number of carbonyl (C=O) groups is 1. The third-order valence-corrected chi connectivity index (χ3v) is 4.35. The van der Waals surface area contributed by atoms with E-state index in [0.717, 1.165) is 11.4 Å². The molecule has 0 bridgehead atoms. The molecule has 6 nitrogen and oxygen atoms in total. The Morgan fingerprint density at radius 3 is 2.95 bits per heavy atom. The fourth-order valence-electron chi connectivity index (χ4n) is 1.56. The van der Waals surface area contributed by atoms with Crippen LogP contribution in [0.4, 0.5) is 10.8 Å². The molecule has 0 aliphatic heterocycles. The van der Waals surface area contributed by atoms with Crippen molar-refractivity contribution >= 4 is 39.9 Å². The number of anilines is 2. The topological polar surface area (TPSA) is 73.3 Å². The number of hydrogen-bond acceptors (Lipinski definition) is 8. The van der Waals surface area contributed by atoms with Gasteiger partial charge in [-0.15, -0.1) is 10.2 Å². The van der Waals surface area contributed by atoms with Crippen molar-refractivity contribution in [1.29, 1.82) is 0 Å². The van der Waals surface area contributed by atoms with Crippen LogP contribution in [0.5, 0.6) is 5.75 Å². The maximum atomic E-state index is 11.5. The van der Waals surface area contributed by atoms with E-state index in [4.69, 9.17) is 9.47 Å². The summed E-state index contributed by atoms with van der Waals surface area (Å²) in [5.41, 5.74) is 0.867. The average molecular weight is 339 g/mol. The van der Waals surface area contributed by atoms with E-state index in [2.05, 4.69) is 15.5 Å². The first-order valence-electron chi connectivity index (χ1n) is 6.63. The van der Waals surface area contributed by atoms with Crippen LogP contribution in [0.3, 0.4) is 0 Å². The number of carbonyl (C=O) groups excluding carboxylic acids is 1. The largest absolute Gasteiger partial charge is 0.497 e. The number of esters is 1. The van der Waals surface area contributed by atoms with Gasteiger partial charge in [0.25, 0.3) is 0 Å². The summed E-state index contributed by atoms with van der Waals surface area (Å²) >= 11 is 2.70. The Labute approximate surface area is 137 Å². The van der Waals surface area contributed by atoms with Crippen LogP contribution in [-0.4, -0.2) is 35.1 Å². The number of rotatable bonds is 7. The van der Waals surface area contributed by atoms with Crippen LogP contribution in [0.1, 0.15) is 13.8 Å². The lowest BCUT2D eigenvalue weighted by Crippen LogP contribution is -2.13. The number of nitrogens with one attached hydrogen (secondary N) is 1. The molecule has 1 aromatic carbocycles. The van der Waals surface area contributed by atoms with Gasteiger partial charge in [-0.3, -0.25) is 4.79 Å². The van der Waals surface area contributed by atoms with Gasteiger partial charge in [-0.2, -0.15) is 0 Å². The van der Waals surface area contributed by atoms with Gasteiger partial charge in [0.1, 0.15) is 5.75 Å². The summed E-state index contributed by atoms with van der Waals surface area (Å²) < 4.78 is 10.9. The Kier molecular flexibility index (Phi) is 6.02. The van der Waals surface area contributed by atoms with Gasteiger partial charge < -0.3 is 14.8 Å². The number of aromatic nitrogens is 2. The average Bonchev–Trinajstić information content (AvgIpc) is 2.92. The minimum absolute atomic E-state index is 0.104. The maximum absolute atomic E-state index is 11.5. The molecule has 0 saturated heterocycles. The first-order valence-corrected chi connectivity index (χ1v) is 8.44. The Bertz CT molecular complexity index is 631. The Balaban J connectivity index is 1.89. The van der Waals surface area contributed by atoms with Gasteiger partial charge in [0.05, 0.1) is 19.0 Å². The molecule has 0 aliphatic carbocycles. The summed E-state index contributed by atoms with van der Waals surface area (Å²) in [6.45, 7) is 3.65. The van der Waals surface area contributed by atoms with Crippen LogP contribution < -0.4 is 10.1 Å². The molecule has 8 heteroatoms. The smallest absolute Gasteiger partial charge is 0.316 e. The van der Waals surface area contributed by atoms with Crippen LogP contribution in [0.15, 0.2) is 28.6 Å². The zero-order chi connectivity index (χ0) is 15.9. The minimum atomic E-state index is -0.252. The first kappa shape index (κ1) is 16.6. The molecule has 0 saturated carbocycles. The highest BCUT2D eigenvalue weighted by molar-refractivity contribution is 8.01. The van der Waals surface area contributed by atoms with Crippen molar-refractivity contribution in [2.24, 2.45) is 0 Å². The molecule has 0 spiro atoms. The quantitative estimate of drug-likeness (QED) is 0.612. The van der Waals surface area contributed by atoms with Crippen LogP contribution in [0.2, 0.25) is 0 Å². The van der Waals surface area contributed by atoms with Crippen molar-refractivity contribution in [3.8, 4) is 5.75 Å². The van der Waals surface area contributed by atoms with Crippen molar-refractivity contribution < 1.29 is 14.3 Å². The molecule has 0 unspecified atom stereocenters. The molecule has 1 heterocycles. The molecule has 2 rings (SSSR count). The van der Waals surface area contributed by atoms with E-state index in [1.807, 2.05) is 38.1 Å².